The molecule has 7 heteroatoms. The molecule has 0 fully saturated rings. The highest BCUT2D eigenvalue weighted by atomic mass is 35.5. The van der Waals surface area contributed by atoms with Gasteiger partial charge in [0.15, 0.2) is 0 Å². The largest absolute Gasteiger partial charge is 0.319 e. The Hall–Kier alpha value is -2.05. The molecular weight excluding hydrogens is 324 g/mol. The van der Waals surface area contributed by atoms with E-state index in [2.05, 4.69) is 5.32 Å². The van der Waals surface area contributed by atoms with Crippen LogP contribution in [-0.2, 0) is 4.79 Å². The lowest BCUT2D eigenvalue weighted by Crippen LogP contribution is -2.22. The van der Waals surface area contributed by atoms with E-state index in [-0.39, 0.29) is 17.3 Å². The molecule has 2 aromatic rings. The topological polar surface area (TPSA) is 72.2 Å². The fourth-order valence-electron chi connectivity index (χ4n) is 1.74. The van der Waals surface area contributed by atoms with Crippen molar-refractivity contribution in [2.24, 2.45) is 0 Å². The summed E-state index contributed by atoms with van der Waals surface area (Å²) >= 11 is 7.17. The van der Waals surface area contributed by atoms with Crippen molar-refractivity contribution in [3.63, 3.8) is 0 Å². The summed E-state index contributed by atoms with van der Waals surface area (Å²) < 4.78 is 0. The number of halogens is 1. The number of hydrogen-bond donors (Lipinski definition) is 1. The average Bonchev–Trinajstić information content (AvgIpc) is 2.49. The minimum Gasteiger partial charge on any atom is -0.319 e. The van der Waals surface area contributed by atoms with Crippen LogP contribution in [0.5, 0.6) is 0 Å². The third-order valence-corrected chi connectivity index (χ3v) is 4.22. The normalized spacial score (nSPS) is 11.7. The van der Waals surface area contributed by atoms with Crippen molar-refractivity contribution in [1.82, 2.24) is 0 Å². The van der Waals surface area contributed by atoms with Crippen molar-refractivity contribution in [3.8, 4) is 0 Å². The van der Waals surface area contributed by atoms with E-state index in [4.69, 9.17) is 11.6 Å². The molecule has 114 valence electrons. The number of carbonyl (C=O) groups excluding carboxylic acids is 1. The smallest absolute Gasteiger partial charge is 0.292 e. The molecule has 1 amide bonds. The third kappa shape index (κ3) is 4.22. The van der Waals surface area contributed by atoms with E-state index in [9.17, 15) is 14.9 Å². The summed E-state index contributed by atoms with van der Waals surface area (Å²) in [5.74, 6) is -0.297. The van der Waals surface area contributed by atoms with E-state index in [1.54, 1.807) is 31.2 Å². The third-order valence-electron chi connectivity index (χ3n) is 2.85. The van der Waals surface area contributed by atoms with E-state index in [1.807, 2.05) is 12.1 Å². The van der Waals surface area contributed by atoms with E-state index >= 15 is 0 Å². The van der Waals surface area contributed by atoms with E-state index in [0.717, 1.165) is 4.90 Å². The minimum atomic E-state index is -0.521. The first kappa shape index (κ1) is 16.3. The van der Waals surface area contributed by atoms with Crippen molar-refractivity contribution >= 4 is 40.6 Å². The Balaban J connectivity index is 2.05. The van der Waals surface area contributed by atoms with Gasteiger partial charge in [0.2, 0.25) is 5.91 Å². The second-order valence-electron chi connectivity index (χ2n) is 4.48. The van der Waals surface area contributed by atoms with Gasteiger partial charge >= 0.3 is 0 Å². The first-order valence-corrected chi connectivity index (χ1v) is 7.69. The van der Waals surface area contributed by atoms with Gasteiger partial charge in [0, 0.05) is 16.0 Å². The Bertz CT molecular complexity index is 691. The molecular formula is C15H13ClN2O3S. The molecule has 0 saturated heterocycles. The van der Waals surface area contributed by atoms with Crippen LogP contribution in [0.4, 0.5) is 11.4 Å². The Labute approximate surface area is 136 Å². The van der Waals surface area contributed by atoms with Gasteiger partial charge in [0.25, 0.3) is 5.69 Å². The van der Waals surface area contributed by atoms with E-state index in [1.165, 1.54) is 23.9 Å². The highest BCUT2D eigenvalue weighted by Gasteiger charge is 2.19. The maximum absolute atomic E-state index is 12.2. The number of nitrogens with one attached hydrogen (secondary N) is 1. The summed E-state index contributed by atoms with van der Waals surface area (Å²) in [6.07, 6.45) is 0. The van der Waals surface area contributed by atoms with Crippen molar-refractivity contribution in [2.45, 2.75) is 17.1 Å². The Morgan fingerprint density at radius 1 is 1.23 bits per heavy atom. The second kappa shape index (κ2) is 7.29. The first-order valence-electron chi connectivity index (χ1n) is 6.44. The molecule has 0 bridgehead atoms. The monoisotopic (exact) mass is 336 g/mol. The zero-order chi connectivity index (χ0) is 16.1. The highest BCUT2D eigenvalue weighted by Crippen LogP contribution is 2.27. The van der Waals surface area contributed by atoms with Gasteiger partial charge in [-0.3, -0.25) is 14.9 Å². The highest BCUT2D eigenvalue weighted by molar-refractivity contribution is 8.00. The summed E-state index contributed by atoms with van der Waals surface area (Å²) in [5.41, 5.74) is 0.0700. The molecule has 2 rings (SSSR count). The minimum absolute atomic E-state index is 0.125. The predicted octanol–water partition coefficient (Wildman–Crippen LogP) is 4.37. The summed E-state index contributed by atoms with van der Waals surface area (Å²) in [4.78, 5) is 23.5. The van der Waals surface area contributed by atoms with Crippen LogP contribution in [0.3, 0.4) is 0 Å². The SMILES string of the molecule is CC(Sc1ccc(Cl)cc1)C(=O)Nc1ccccc1[N+](=O)[O-]. The Kier molecular flexibility index (Phi) is 5.41. The quantitative estimate of drug-likeness (QED) is 0.500. The number of rotatable bonds is 5. The van der Waals surface area contributed by atoms with Gasteiger partial charge < -0.3 is 5.32 Å². The van der Waals surface area contributed by atoms with Crippen LogP contribution in [0, 0.1) is 10.1 Å². The van der Waals surface area contributed by atoms with Crippen LogP contribution in [-0.4, -0.2) is 16.1 Å². The molecule has 1 N–H and O–H groups in total. The Morgan fingerprint density at radius 2 is 1.86 bits per heavy atom. The zero-order valence-electron chi connectivity index (χ0n) is 11.7. The molecule has 0 aromatic heterocycles. The summed E-state index contributed by atoms with van der Waals surface area (Å²) in [6.45, 7) is 1.74. The van der Waals surface area contributed by atoms with Crippen molar-refractivity contribution in [3.05, 3.63) is 63.7 Å². The molecule has 0 aliphatic rings. The molecule has 0 aliphatic carbocycles. The van der Waals surface area contributed by atoms with Gasteiger partial charge in [-0.05, 0) is 37.3 Å². The molecule has 22 heavy (non-hydrogen) atoms. The maximum Gasteiger partial charge on any atom is 0.292 e. The van der Waals surface area contributed by atoms with Crippen molar-refractivity contribution in [2.75, 3.05) is 5.32 Å². The second-order valence-corrected chi connectivity index (χ2v) is 6.33. The van der Waals surface area contributed by atoms with Gasteiger partial charge in [-0.1, -0.05) is 23.7 Å². The number of nitrogens with zero attached hydrogens (tertiary/aromatic N) is 1. The molecule has 0 heterocycles. The predicted molar refractivity (Wildman–Crippen MR) is 88.5 cm³/mol. The van der Waals surface area contributed by atoms with E-state index in [0.29, 0.717) is 5.02 Å². The lowest BCUT2D eigenvalue weighted by atomic mass is 10.2. The number of benzene rings is 2. The lowest BCUT2D eigenvalue weighted by Gasteiger charge is -2.12. The molecule has 1 atom stereocenters. The maximum atomic E-state index is 12.2. The van der Waals surface area contributed by atoms with Crippen LogP contribution in [0.1, 0.15) is 6.92 Å². The fourth-order valence-corrected chi connectivity index (χ4v) is 2.74. The number of nitro groups is 1. The molecule has 2 aromatic carbocycles. The molecule has 0 spiro atoms. The first-order chi connectivity index (χ1) is 10.5. The number of nitro benzene ring substituents is 1. The van der Waals surface area contributed by atoms with Gasteiger partial charge in [-0.25, -0.2) is 0 Å². The zero-order valence-corrected chi connectivity index (χ0v) is 13.2. The number of para-hydroxylation sites is 2. The van der Waals surface area contributed by atoms with Crippen LogP contribution in [0.25, 0.3) is 0 Å². The summed E-state index contributed by atoms with van der Waals surface area (Å²) in [7, 11) is 0. The molecule has 0 saturated carbocycles. The summed E-state index contributed by atoms with van der Waals surface area (Å²) in [5, 5.41) is 13.8. The number of thioether (sulfide) groups is 1. The molecule has 0 radical (unpaired) electrons. The van der Waals surface area contributed by atoms with Gasteiger partial charge in [0.05, 0.1) is 10.2 Å². The Morgan fingerprint density at radius 3 is 2.50 bits per heavy atom. The summed E-state index contributed by atoms with van der Waals surface area (Å²) in [6, 6.07) is 13.2. The van der Waals surface area contributed by atoms with Crippen LogP contribution < -0.4 is 5.32 Å². The van der Waals surface area contributed by atoms with Crippen LogP contribution >= 0.6 is 23.4 Å². The molecule has 1 unspecified atom stereocenters. The van der Waals surface area contributed by atoms with Gasteiger partial charge in [0.1, 0.15) is 5.69 Å². The van der Waals surface area contributed by atoms with Crippen molar-refractivity contribution in [1.29, 1.82) is 0 Å². The number of hydrogen-bond acceptors (Lipinski definition) is 4. The average molecular weight is 337 g/mol. The van der Waals surface area contributed by atoms with E-state index < -0.39 is 10.2 Å². The van der Waals surface area contributed by atoms with Gasteiger partial charge in [-0.15, -0.1) is 11.8 Å². The van der Waals surface area contributed by atoms with Crippen LogP contribution in [0.15, 0.2) is 53.4 Å². The molecule has 5 nitrogen and oxygen atoms in total. The number of anilines is 1. The number of amides is 1. The number of carbonyl (C=O) groups is 1. The lowest BCUT2D eigenvalue weighted by molar-refractivity contribution is -0.383. The standard InChI is InChI=1S/C15H13ClN2O3S/c1-10(22-12-8-6-11(16)7-9-12)15(19)17-13-4-2-3-5-14(13)18(20)21/h2-10H,1H3,(H,17,19). The van der Waals surface area contributed by atoms with Crippen LogP contribution in [0.2, 0.25) is 5.02 Å². The van der Waals surface area contributed by atoms with Gasteiger partial charge in [-0.2, -0.15) is 0 Å². The fraction of sp³-hybridized carbons (Fsp3) is 0.133. The molecule has 0 aliphatic heterocycles. The van der Waals surface area contributed by atoms with Crippen molar-refractivity contribution < 1.29 is 9.72 Å².